The molecule has 6 heteroatoms. The second kappa shape index (κ2) is 5.51. The molecule has 2 aromatic rings. The molecule has 5 nitrogen and oxygen atoms in total. The van der Waals surface area contributed by atoms with Gasteiger partial charge in [-0.25, -0.2) is 4.39 Å². The highest BCUT2D eigenvalue weighted by atomic mass is 19.1. The topological polar surface area (TPSA) is 59.0 Å². The van der Waals surface area contributed by atoms with E-state index in [1.165, 1.54) is 12.1 Å². The number of carbonyl (C=O) groups excluding carboxylic acids is 1. The molecule has 0 spiro atoms. The van der Waals surface area contributed by atoms with Gasteiger partial charge in [0, 0.05) is 18.9 Å². The number of aromatic nitrogens is 2. The maximum atomic E-state index is 13.0. The lowest BCUT2D eigenvalue weighted by Gasteiger charge is -2.13. The predicted octanol–water partition coefficient (Wildman–Crippen LogP) is 2.00. The van der Waals surface area contributed by atoms with Crippen molar-refractivity contribution >= 4 is 17.3 Å². The summed E-state index contributed by atoms with van der Waals surface area (Å²) in [6.07, 6.45) is 3.40. The minimum atomic E-state index is -0.451. The van der Waals surface area contributed by atoms with E-state index in [0.29, 0.717) is 5.69 Å². The molecule has 2 rings (SSSR count). The van der Waals surface area contributed by atoms with Gasteiger partial charge in [-0.05, 0) is 25.1 Å². The molecule has 1 aromatic carbocycles. The fourth-order valence-corrected chi connectivity index (χ4v) is 1.63. The number of nitrogens with one attached hydrogen (secondary N) is 2. The lowest BCUT2D eigenvalue weighted by Crippen LogP contribution is -2.31. The van der Waals surface area contributed by atoms with Gasteiger partial charge in [-0.15, -0.1) is 0 Å². The van der Waals surface area contributed by atoms with Crippen molar-refractivity contribution in [3.8, 4) is 0 Å². The van der Waals surface area contributed by atoms with Crippen LogP contribution in [0.1, 0.15) is 6.92 Å². The van der Waals surface area contributed by atoms with Crippen molar-refractivity contribution in [2.75, 3.05) is 10.6 Å². The average Bonchev–Trinajstić information content (AvgIpc) is 2.74. The Labute approximate surface area is 110 Å². The highest BCUT2D eigenvalue weighted by molar-refractivity contribution is 5.96. The largest absolute Gasteiger partial charge is 0.371 e. The monoisotopic (exact) mass is 262 g/mol. The number of benzene rings is 1. The van der Waals surface area contributed by atoms with Crippen LogP contribution in [0.5, 0.6) is 0 Å². The molecule has 0 unspecified atom stereocenters. The van der Waals surface area contributed by atoms with Gasteiger partial charge >= 0.3 is 0 Å². The molecule has 1 aromatic heterocycles. The van der Waals surface area contributed by atoms with E-state index in [1.807, 2.05) is 0 Å². The molecule has 0 fully saturated rings. The maximum absolute atomic E-state index is 13.0. The van der Waals surface area contributed by atoms with Crippen molar-refractivity contribution in [2.45, 2.75) is 13.0 Å². The van der Waals surface area contributed by atoms with Crippen LogP contribution in [-0.2, 0) is 11.8 Å². The molecule has 100 valence electrons. The molecule has 1 amide bonds. The first-order valence-electron chi connectivity index (χ1n) is 5.86. The number of hydrogen-bond donors (Lipinski definition) is 2. The molecule has 2 N–H and O–H groups in total. The van der Waals surface area contributed by atoms with Crippen molar-refractivity contribution < 1.29 is 9.18 Å². The quantitative estimate of drug-likeness (QED) is 0.886. The van der Waals surface area contributed by atoms with Gasteiger partial charge in [-0.2, -0.15) is 5.10 Å². The standard InChI is InChI=1S/C13H15FN4O/c1-9(16-12-7-15-18(2)8-12)13(19)17-11-5-3-4-10(14)6-11/h3-9,16H,1-2H3,(H,17,19)/t9-/m1/s1. The summed E-state index contributed by atoms with van der Waals surface area (Å²) in [5.74, 6) is -0.625. The Morgan fingerprint density at radius 2 is 2.21 bits per heavy atom. The number of anilines is 2. The molecule has 0 saturated heterocycles. The smallest absolute Gasteiger partial charge is 0.246 e. The van der Waals surface area contributed by atoms with Crippen LogP contribution in [0.25, 0.3) is 0 Å². The van der Waals surface area contributed by atoms with Crippen LogP contribution in [0, 0.1) is 5.82 Å². The molecule has 0 aliphatic carbocycles. The Morgan fingerprint density at radius 1 is 1.42 bits per heavy atom. The van der Waals surface area contributed by atoms with Crippen molar-refractivity contribution in [2.24, 2.45) is 7.05 Å². The van der Waals surface area contributed by atoms with Crippen LogP contribution in [0.2, 0.25) is 0 Å². The number of halogens is 1. The summed E-state index contributed by atoms with van der Waals surface area (Å²) in [6.45, 7) is 1.72. The van der Waals surface area contributed by atoms with Crippen LogP contribution in [-0.4, -0.2) is 21.7 Å². The molecule has 0 aliphatic rings. The number of carbonyl (C=O) groups is 1. The first kappa shape index (κ1) is 13.1. The van der Waals surface area contributed by atoms with Crippen LogP contribution in [0.15, 0.2) is 36.7 Å². The summed E-state index contributed by atoms with van der Waals surface area (Å²) >= 11 is 0. The Kier molecular flexibility index (Phi) is 3.79. The molecule has 0 aliphatic heterocycles. The first-order valence-corrected chi connectivity index (χ1v) is 5.86. The number of aryl methyl sites for hydroxylation is 1. The van der Waals surface area contributed by atoms with Gasteiger partial charge < -0.3 is 10.6 Å². The fourth-order valence-electron chi connectivity index (χ4n) is 1.63. The second-order valence-corrected chi connectivity index (χ2v) is 4.27. The van der Waals surface area contributed by atoms with Crippen LogP contribution in [0.3, 0.4) is 0 Å². The summed E-state index contributed by atoms with van der Waals surface area (Å²) in [6, 6.07) is 5.33. The van der Waals surface area contributed by atoms with E-state index >= 15 is 0 Å². The van der Waals surface area contributed by atoms with E-state index in [9.17, 15) is 9.18 Å². The van der Waals surface area contributed by atoms with Gasteiger partial charge in [-0.1, -0.05) is 6.07 Å². The highest BCUT2D eigenvalue weighted by Gasteiger charge is 2.13. The molecular formula is C13H15FN4O. The summed E-state index contributed by atoms with van der Waals surface area (Å²) in [4.78, 5) is 11.9. The summed E-state index contributed by atoms with van der Waals surface area (Å²) in [7, 11) is 1.79. The Morgan fingerprint density at radius 3 is 2.84 bits per heavy atom. The molecule has 1 heterocycles. The van der Waals surface area contributed by atoms with Crippen LogP contribution < -0.4 is 10.6 Å². The third-order valence-corrected chi connectivity index (χ3v) is 2.57. The Hall–Kier alpha value is -2.37. The zero-order valence-corrected chi connectivity index (χ0v) is 10.7. The number of rotatable bonds is 4. The summed E-state index contributed by atoms with van der Waals surface area (Å²) in [5, 5.41) is 9.65. The van der Waals surface area contributed by atoms with E-state index in [0.717, 1.165) is 5.69 Å². The zero-order valence-electron chi connectivity index (χ0n) is 10.7. The lowest BCUT2D eigenvalue weighted by molar-refractivity contribution is -0.116. The Bertz CT molecular complexity index is 582. The molecule has 1 atom stereocenters. The van der Waals surface area contributed by atoms with Gasteiger partial charge in [0.1, 0.15) is 11.9 Å². The molecule has 0 saturated carbocycles. The minimum absolute atomic E-state index is 0.241. The highest BCUT2D eigenvalue weighted by Crippen LogP contribution is 2.11. The summed E-state index contributed by atoms with van der Waals surface area (Å²) in [5.41, 5.74) is 1.19. The minimum Gasteiger partial charge on any atom is -0.371 e. The third kappa shape index (κ3) is 3.54. The van der Waals surface area contributed by atoms with Gasteiger partial charge in [0.05, 0.1) is 11.9 Å². The average molecular weight is 262 g/mol. The fraction of sp³-hybridized carbons (Fsp3) is 0.231. The van der Waals surface area contributed by atoms with Crippen molar-refractivity contribution in [1.82, 2.24) is 9.78 Å². The molecule has 0 bridgehead atoms. The maximum Gasteiger partial charge on any atom is 0.246 e. The van der Waals surface area contributed by atoms with Crippen LogP contribution >= 0.6 is 0 Å². The molecular weight excluding hydrogens is 247 g/mol. The lowest BCUT2D eigenvalue weighted by atomic mass is 10.2. The van der Waals surface area contributed by atoms with Crippen molar-refractivity contribution in [3.63, 3.8) is 0 Å². The van der Waals surface area contributed by atoms with Gasteiger partial charge in [0.15, 0.2) is 0 Å². The van der Waals surface area contributed by atoms with Crippen LogP contribution in [0.4, 0.5) is 15.8 Å². The normalized spacial score (nSPS) is 11.9. The van der Waals surface area contributed by atoms with Crippen molar-refractivity contribution in [3.05, 3.63) is 42.5 Å². The van der Waals surface area contributed by atoms with Gasteiger partial charge in [0.2, 0.25) is 5.91 Å². The van der Waals surface area contributed by atoms with Gasteiger partial charge in [0.25, 0.3) is 0 Å². The van der Waals surface area contributed by atoms with E-state index in [1.54, 1.807) is 43.2 Å². The van der Waals surface area contributed by atoms with E-state index in [-0.39, 0.29) is 11.7 Å². The number of nitrogens with zero attached hydrogens (tertiary/aromatic N) is 2. The third-order valence-electron chi connectivity index (χ3n) is 2.57. The number of amides is 1. The summed E-state index contributed by atoms with van der Waals surface area (Å²) < 4.78 is 14.6. The zero-order chi connectivity index (χ0) is 13.8. The first-order chi connectivity index (χ1) is 9.04. The van der Waals surface area contributed by atoms with E-state index < -0.39 is 6.04 Å². The van der Waals surface area contributed by atoms with E-state index in [2.05, 4.69) is 15.7 Å². The van der Waals surface area contributed by atoms with Crippen molar-refractivity contribution in [1.29, 1.82) is 0 Å². The SMILES string of the molecule is C[C@@H](Nc1cnn(C)c1)C(=O)Nc1cccc(F)c1. The predicted molar refractivity (Wildman–Crippen MR) is 71.3 cm³/mol. The molecule has 0 radical (unpaired) electrons. The van der Waals surface area contributed by atoms with Gasteiger partial charge in [-0.3, -0.25) is 9.48 Å². The number of hydrogen-bond acceptors (Lipinski definition) is 3. The van der Waals surface area contributed by atoms with E-state index in [4.69, 9.17) is 0 Å². The Balaban J connectivity index is 1.96. The molecule has 19 heavy (non-hydrogen) atoms. The second-order valence-electron chi connectivity index (χ2n) is 4.27.